The Labute approximate surface area is 461 Å². The van der Waals surface area contributed by atoms with Crippen LogP contribution in [-0.2, 0) is 28.1 Å². The fourth-order valence-corrected chi connectivity index (χ4v) is 21.4. The lowest BCUT2D eigenvalue weighted by atomic mass is 9.42. The van der Waals surface area contributed by atoms with Crippen LogP contribution in [0.4, 0.5) is 11.4 Å². The summed E-state index contributed by atoms with van der Waals surface area (Å²) in [5, 5.41) is 3.04. The topological polar surface area (TPSA) is 8.17 Å². The molecule has 10 aliphatic carbocycles. The van der Waals surface area contributed by atoms with Gasteiger partial charge in [0.15, 0.2) is 0 Å². The molecule has 78 heavy (non-hydrogen) atoms. The highest BCUT2D eigenvalue weighted by molar-refractivity contribution is 6.93. The van der Waals surface area contributed by atoms with Crippen molar-refractivity contribution in [3.63, 3.8) is 0 Å². The van der Waals surface area contributed by atoms with Gasteiger partial charge in [-0.15, -0.1) is 0 Å². The summed E-state index contributed by atoms with van der Waals surface area (Å²) in [5.41, 5.74) is 30.5. The first-order chi connectivity index (χ1) is 38.0. The van der Waals surface area contributed by atoms with E-state index in [0.29, 0.717) is 5.41 Å². The minimum atomic E-state index is -0.194. The van der Waals surface area contributed by atoms with Gasteiger partial charge < -0.3 is 9.38 Å². The largest absolute Gasteiger partial charge is 0.376 e. The molecular formula is C75H69BN2. The van der Waals surface area contributed by atoms with Gasteiger partial charge in [0.25, 0.3) is 0 Å². The van der Waals surface area contributed by atoms with Gasteiger partial charge in [-0.25, -0.2) is 0 Å². The summed E-state index contributed by atoms with van der Waals surface area (Å²) < 4.78 is 2.89. The minimum Gasteiger partial charge on any atom is -0.376 e. The molecule has 0 atom stereocenters. The van der Waals surface area contributed by atoms with Crippen LogP contribution in [0.25, 0.3) is 60.9 Å². The molecule has 0 spiro atoms. The molecule has 21 rings (SSSR count). The van der Waals surface area contributed by atoms with Gasteiger partial charge in [0.1, 0.15) is 0 Å². The molecule has 0 amide bonds. The Bertz CT molecular complexity index is 4080. The van der Waals surface area contributed by atoms with Crippen molar-refractivity contribution in [2.75, 3.05) is 4.81 Å². The van der Waals surface area contributed by atoms with Crippen LogP contribution in [0, 0.1) is 35.5 Å². The number of benzene rings is 8. The zero-order valence-corrected chi connectivity index (χ0v) is 46.1. The van der Waals surface area contributed by atoms with Gasteiger partial charge in [-0.05, 0) is 255 Å². The van der Waals surface area contributed by atoms with Crippen molar-refractivity contribution in [3.8, 4) is 39.1 Å². The number of fused-ring (bicyclic) bond motifs is 13. The van der Waals surface area contributed by atoms with E-state index in [9.17, 15) is 0 Å². The SMILES string of the molecule is CC1(C)c2ccccc2C(C)(C)c2cc3c(cc21)-c1cc2c(c4c1B(c1cc(C56CC7CC(CC(C7)C5)C6)cc5c6cc(C78CC9CC(CC(C9)C7)C8)ccc6n-4c15)N3c1ccc(-c3ccccc3)cc1)Cc1ccccc1-2. The number of aromatic nitrogens is 1. The average molecular weight is 1010 g/mol. The van der Waals surface area contributed by atoms with E-state index in [-0.39, 0.29) is 23.1 Å². The van der Waals surface area contributed by atoms with Crippen LogP contribution in [0.5, 0.6) is 0 Å². The van der Waals surface area contributed by atoms with Gasteiger partial charge in [0.2, 0.25) is 0 Å². The minimum absolute atomic E-state index is 0.0278. The zero-order valence-electron chi connectivity index (χ0n) is 46.1. The van der Waals surface area contributed by atoms with E-state index >= 15 is 0 Å². The van der Waals surface area contributed by atoms with Crippen molar-refractivity contribution in [2.45, 2.75) is 133 Å². The molecule has 8 fully saturated rings. The van der Waals surface area contributed by atoms with E-state index < -0.39 is 0 Å². The Morgan fingerprint density at radius 3 is 1.67 bits per heavy atom. The summed E-state index contributed by atoms with van der Waals surface area (Å²) in [6.07, 6.45) is 18.0. The molecule has 12 aliphatic rings. The van der Waals surface area contributed by atoms with Crippen LogP contribution in [0.3, 0.4) is 0 Å². The van der Waals surface area contributed by atoms with Crippen molar-refractivity contribution in [1.82, 2.24) is 4.57 Å². The number of nitrogens with zero attached hydrogens (tertiary/aromatic N) is 2. The van der Waals surface area contributed by atoms with Crippen molar-refractivity contribution < 1.29 is 0 Å². The second-order valence-electron chi connectivity index (χ2n) is 28.9. The summed E-state index contributed by atoms with van der Waals surface area (Å²) in [6.45, 7) is 9.96. The van der Waals surface area contributed by atoms with Crippen molar-refractivity contribution in [1.29, 1.82) is 0 Å². The maximum atomic E-state index is 2.89. The summed E-state index contributed by atoms with van der Waals surface area (Å²) in [5.74, 6) is 5.34. The molecule has 0 saturated heterocycles. The third-order valence-corrected chi connectivity index (χ3v) is 23.9. The highest BCUT2D eigenvalue weighted by atomic mass is 15.1. The molecule has 9 aromatic rings. The van der Waals surface area contributed by atoms with Gasteiger partial charge in [-0.3, -0.25) is 0 Å². The standard InChI is InChI=1S/C75H69BN2/c1-72(2)62-16-10-11-17-63(62)73(3,4)65-36-68-58(35-64(65)72)59-34-56-55-15-9-8-14-51(55)30-60(56)71-69(59)76(78(68)54-21-18-50(19-22-54)49-12-6-5-7-13-49)66-33-53(75-40-46-27-47(41-75)29-48(28-46)42-75)32-61-57-31-52(20-23-67(57)77(71)70(61)66)74-37-43-24-44(38-74)26-45(25-43)39-74/h5-23,31-36,43-48H,24-30,37-42H2,1-4H3. The van der Waals surface area contributed by atoms with Crippen molar-refractivity contribution in [2.24, 2.45) is 35.5 Å². The Hall–Kier alpha value is -6.58. The van der Waals surface area contributed by atoms with Gasteiger partial charge in [-0.1, -0.05) is 131 Å². The summed E-state index contributed by atoms with van der Waals surface area (Å²) in [6, 6.07) is 61.5. The number of rotatable bonds is 4. The molecule has 0 unspecified atom stereocenters. The Balaban J connectivity index is 0.946. The van der Waals surface area contributed by atoms with Crippen LogP contribution in [0.1, 0.15) is 149 Å². The molecule has 8 aromatic carbocycles. The molecule has 0 N–H and O–H groups in total. The second kappa shape index (κ2) is 14.8. The first-order valence-corrected chi connectivity index (χ1v) is 30.6. The Kier molecular flexibility index (Phi) is 8.41. The van der Waals surface area contributed by atoms with Crippen LogP contribution in [-0.4, -0.2) is 11.4 Å². The third kappa shape index (κ3) is 5.62. The molecule has 0 radical (unpaired) electrons. The highest BCUT2D eigenvalue weighted by Gasteiger charge is 2.55. The van der Waals surface area contributed by atoms with E-state index in [4.69, 9.17) is 0 Å². The molecule has 3 heterocycles. The lowest BCUT2D eigenvalue weighted by molar-refractivity contribution is -0.00526. The molecule has 8 saturated carbocycles. The molecule has 3 heteroatoms. The molecule has 382 valence electrons. The van der Waals surface area contributed by atoms with Gasteiger partial charge in [0.05, 0.1) is 11.0 Å². The van der Waals surface area contributed by atoms with E-state index in [1.165, 1.54) is 194 Å². The molecule has 2 nitrogen and oxygen atoms in total. The van der Waals surface area contributed by atoms with Crippen LogP contribution >= 0.6 is 0 Å². The maximum absolute atomic E-state index is 2.89. The summed E-state index contributed by atoms with van der Waals surface area (Å²) in [7, 11) is 0. The average Bonchev–Trinajstić information content (AvgIpc) is 2.89. The van der Waals surface area contributed by atoms with Crippen molar-refractivity contribution >= 4 is 51.0 Å². The molecule has 1 aromatic heterocycles. The molecule has 8 bridgehead atoms. The van der Waals surface area contributed by atoms with Crippen LogP contribution < -0.4 is 15.7 Å². The van der Waals surface area contributed by atoms with E-state index in [1.54, 1.807) is 11.1 Å². The fraction of sp³-hybridized carbons (Fsp3) is 0.360. The predicted molar refractivity (Wildman–Crippen MR) is 324 cm³/mol. The number of hydrogen-bond acceptors (Lipinski definition) is 1. The Morgan fingerprint density at radius 1 is 0.449 bits per heavy atom. The zero-order chi connectivity index (χ0) is 51.3. The molecular weight excluding hydrogens is 940 g/mol. The third-order valence-electron chi connectivity index (χ3n) is 23.9. The van der Waals surface area contributed by atoms with Crippen molar-refractivity contribution in [3.05, 3.63) is 196 Å². The number of anilines is 2. The van der Waals surface area contributed by atoms with Gasteiger partial charge >= 0.3 is 6.85 Å². The van der Waals surface area contributed by atoms with Crippen LogP contribution in [0.2, 0.25) is 0 Å². The lowest BCUT2D eigenvalue weighted by Gasteiger charge is -2.57. The maximum Gasteiger partial charge on any atom is 0.333 e. The predicted octanol–water partition coefficient (Wildman–Crippen LogP) is 17.2. The number of hydrogen-bond donors (Lipinski definition) is 0. The van der Waals surface area contributed by atoms with Crippen LogP contribution in [0.15, 0.2) is 152 Å². The summed E-state index contributed by atoms with van der Waals surface area (Å²) >= 11 is 0. The fourth-order valence-electron chi connectivity index (χ4n) is 21.4. The van der Waals surface area contributed by atoms with Gasteiger partial charge in [-0.2, -0.15) is 0 Å². The molecule has 2 aliphatic heterocycles. The van der Waals surface area contributed by atoms with Gasteiger partial charge in [0, 0.05) is 50.6 Å². The van der Waals surface area contributed by atoms with E-state index in [2.05, 4.69) is 189 Å². The quantitative estimate of drug-likeness (QED) is 0.160. The smallest absolute Gasteiger partial charge is 0.333 e. The normalized spacial score (nSPS) is 28.9. The van der Waals surface area contributed by atoms with E-state index in [0.717, 1.165) is 41.9 Å². The van der Waals surface area contributed by atoms with E-state index in [1.807, 2.05) is 0 Å². The first kappa shape index (κ1) is 44.3. The highest BCUT2D eigenvalue weighted by Crippen LogP contribution is 2.64. The monoisotopic (exact) mass is 1010 g/mol. The second-order valence-corrected chi connectivity index (χ2v) is 28.9. The summed E-state index contributed by atoms with van der Waals surface area (Å²) in [4.78, 5) is 2.88. The Morgan fingerprint density at radius 2 is 1.01 bits per heavy atom. The first-order valence-electron chi connectivity index (χ1n) is 30.6. The lowest BCUT2D eigenvalue weighted by Crippen LogP contribution is -2.61.